The molecule has 128 valence electrons. The van der Waals surface area contributed by atoms with Gasteiger partial charge >= 0.3 is 0 Å². The van der Waals surface area contributed by atoms with Crippen LogP contribution in [0.25, 0.3) is 0 Å². The summed E-state index contributed by atoms with van der Waals surface area (Å²) < 4.78 is 1.62. The molecule has 1 aromatic carbocycles. The highest BCUT2D eigenvalue weighted by Crippen LogP contribution is 2.12. The van der Waals surface area contributed by atoms with Crippen molar-refractivity contribution >= 4 is 5.91 Å². The Morgan fingerprint density at radius 1 is 1.29 bits per heavy atom. The van der Waals surface area contributed by atoms with Crippen LogP contribution in [-0.2, 0) is 13.5 Å². The van der Waals surface area contributed by atoms with Crippen LogP contribution in [0.4, 0.5) is 0 Å². The van der Waals surface area contributed by atoms with E-state index in [1.807, 2.05) is 0 Å². The van der Waals surface area contributed by atoms with Gasteiger partial charge in [0.2, 0.25) is 0 Å². The largest absolute Gasteiger partial charge is 0.347 e. The molecule has 1 N–H and O–H groups in total. The highest BCUT2D eigenvalue weighted by Gasteiger charge is 2.22. The van der Waals surface area contributed by atoms with Crippen molar-refractivity contribution < 1.29 is 4.79 Å². The molecule has 2 heterocycles. The van der Waals surface area contributed by atoms with E-state index >= 15 is 0 Å². The Morgan fingerprint density at radius 2 is 2.12 bits per heavy atom. The van der Waals surface area contributed by atoms with Crippen LogP contribution in [0.3, 0.4) is 0 Å². The SMILES string of the molecule is Cn1nccc1C(=O)N[C@@H]1CCCN(CCCc2ccccc2)C1. The molecule has 0 spiro atoms. The molecule has 2 aromatic rings. The molecule has 0 radical (unpaired) electrons. The average Bonchev–Trinajstić information content (AvgIpc) is 3.02. The molecule has 24 heavy (non-hydrogen) atoms. The Morgan fingerprint density at radius 3 is 2.88 bits per heavy atom. The first kappa shape index (κ1) is 16.7. The third kappa shape index (κ3) is 4.45. The van der Waals surface area contributed by atoms with Crippen LogP contribution >= 0.6 is 0 Å². The van der Waals surface area contributed by atoms with Crippen molar-refractivity contribution in [3.63, 3.8) is 0 Å². The van der Waals surface area contributed by atoms with Crippen LogP contribution in [0.2, 0.25) is 0 Å². The van der Waals surface area contributed by atoms with Crippen LogP contribution in [0, 0.1) is 0 Å². The topological polar surface area (TPSA) is 50.2 Å². The number of hydrogen-bond acceptors (Lipinski definition) is 3. The van der Waals surface area contributed by atoms with Gasteiger partial charge in [0.15, 0.2) is 0 Å². The molecule has 1 saturated heterocycles. The van der Waals surface area contributed by atoms with E-state index in [0.717, 1.165) is 45.3 Å². The lowest BCUT2D eigenvalue weighted by Crippen LogP contribution is -2.48. The Labute approximate surface area is 143 Å². The summed E-state index contributed by atoms with van der Waals surface area (Å²) in [4.78, 5) is 14.8. The van der Waals surface area contributed by atoms with Gasteiger partial charge in [-0.1, -0.05) is 30.3 Å². The summed E-state index contributed by atoms with van der Waals surface area (Å²) in [7, 11) is 1.80. The van der Waals surface area contributed by atoms with Crippen LogP contribution < -0.4 is 5.32 Å². The van der Waals surface area contributed by atoms with Crippen molar-refractivity contribution in [1.82, 2.24) is 20.0 Å². The number of aryl methyl sites for hydroxylation is 2. The molecule has 1 atom stereocenters. The van der Waals surface area contributed by atoms with Crippen LogP contribution in [0.5, 0.6) is 0 Å². The maximum Gasteiger partial charge on any atom is 0.269 e. The first-order valence-electron chi connectivity index (χ1n) is 8.77. The van der Waals surface area contributed by atoms with Crippen molar-refractivity contribution in [1.29, 1.82) is 0 Å². The Balaban J connectivity index is 1.44. The first-order valence-corrected chi connectivity index (χ1v) is 8.77. The number of piperidine rings is 1. The van der Waals surface area contributed by atoms with Crippen LogP contribution in [-0.4, -0.2) is 46.3 Å². The van der Waals surface area contributed by atoms with E-state index < -0.39 is 0 Å². The number of rotatable bonds is 6. The zero-order valence-electron chi connectivity index (χ0n) is 14.3. The molecule has 0 aliphatic carbocycles. The van der Waals surface area contributed by atoms with E-state index in [0.29, 0.717) is 5.69 Å². The second-order valence-electron chi connectivity index (χ2n) is 6.54. The quantitative estimate of drug-likeness (QED) is 0.886. The molecular formula is C19H26N4O. The molecule has 5 nitrogen and oxygen atoms in total. The fraction of sp³-hybridized carbons (Fsp3) is 0.474. The molecule has 1 aromatic heterocycles. The molecule has 1 aliphatic rings. The van der Waals surface area contributed by atoms with E-state index in [9.17, 15) is 4.79 Å². The third-order valence-electron chi connectivity index (χ3n) is 4.68. The van der Waals surface area contributed by atoms with Gasteiger partial charge in [0.25, 0.3) is 5.91 Å². The number of benzene rings is 1. The van der Waals surface area contributed by atoms with Crippen molar-refractivity contribution in [3.8, 4) is 0 Å². The lowest BCUT2D eigenvalue weighted by molar-refractivity contribution is 0.0894. The molecule has 0 unspecified atom stereocenters. The predicted molar refractivity (Wildman–Crippen MR) is 94.9 cm³/mol. The van der Waals surface area contributed by atoms with Gasteiger partial charge in [-0.25, -0.2) is 0 Å². The van der Waals surface area contributed by atoms with Gasteiger partial charge in [0, 0.05) is 25.8 Å². The minimum absolute atomic E-state index is 0.0221. The number of nitrogens with zero attached hydrogens (tertiary/aromatic N) is 3. The van der Waals surface area contributed by atoms with Crippen molar-refractivity contribution in [2.45, 2.75) is 31.7 Å². The zero-order valence-corrected chi connectivity index (χ0v) is 14.3. The van der Waals surface area contributed by atoms with E-state index in [1.165, 1.54) is 5.56 Å². The molecule has 0 bridgehead atoms. The molecule has 0 saturated carbocycles. The molecule has 1 amide bonds. The van der Waals surface area contributed by atoms with Gasteiger partial charge in [-0.3, -0.25) is 9.48 Å². The van der Waals surface area contributed by atoms with Crippen LogP contribution in [0.1, 0.15) is 35.3 Å². The summed E-state index contributed by atoms with van der Waals surface area (Å²) in [5, 5.41) is 7.22. The number of nitrogens with one attached hydrogen (secondary N) is 1. The van der Waals surface area contributed by atoms with Gasteiger partial charge in [-0.15, -0.1) is 0 Å². The molecule has 1 fully saturated rings. The van der Waals surface area contributed by atoms with E-state index in [4.69, 9.17) is 0 Å². The second-order valence-corrected chi connectivity index (χ2v) is 6.54. The Hall–Kier alpha value is -2.14. The number of carbonyl (C=O) groups is 1. The summed E-state index contributed by atoms with van der Waals surface area (Å²) in [6.07, 6.45) is 6.13. The minimum atomic E-state index is -0.0221. The Kier molecular flexibility index (Phi) is 5.64. The van der Waals surface area contributed by atoms with E-state index in [2.05, 4.69) is 45.6 Å². The fourth-order valence-corrected chi connectivity index (χ4v) is 3.38. The molecular weight excluding hydrogens is 300 g/mol. The smallest absolute Gasteiger partial charge is 0.269 e. The number of aromatic nitrogens is 2. The summed E-state index contributed by atoms with van der Waals surface area (Å²) in [6, 6.07) is 12.6. The highest BCUT2D eigenvalue weighted by molar-refractivity contribution is 5.92. The summed E-state index contributed by atoms with van der Waals surface area (Å²) in [5.41, 5.74) is 2.02. The lowest BCUT2D eigenvalue weighted by atomic mass is 10.0. The minimum Gasteiger partial charge on any atom is -0.347 e. The first-order chi connectivity index (χ1) is 11.7. The van der Waals surface area contributed by atoms with Crippen molar-refractivity contribution in [2.75, 3.05) is 19.6 Å². The monoisotopic (exact) mass is 326 g/mol. The summed E-state index contributed by atoms with van der Waals surface area (Å²) in [6.45, 7) is 3.16. The standard InChI is InChI=1S/C19H26N4O/c1-22-18(11-12-20-22)19(24)21-17-10-6-14-23(15-17)13-5-9-16-7-3-2-4-8-16/h2-4,7-8,11-12,17H,5-6,9-10,13-15H2,1H3,(H,21,24)/t17-/m1/s1. The van der Waals surface area contributed by atoms with E-state index in [-0.39, 0.29) is 11.9 Å². The normalized spacial score (nSPS) is 18.5. The summed E-state index contributed by atoms with van der Waals surface area (Å²) >= 11 is 0. The zero-order chi connectivity index (χ0) is 16.8. The van der Waals surface area contributed by atoms with Gasteiger partial charge < -0.3 is 10.2 Å². The van der Waals surface area contributed by atoms with Gasteiger partial charge in [-0.05, 0) is 50.4 Å². The van der Waals surface area contributed by atoms with Gasteiger partial charge in [-0.2, -0.15) is 5.10 Å². The Bertz CT molecular complexity index is 652. The lowest BCUT2D eigenvalue weighted by Gasteiger charge is -2.33. The van der Waals surface area contributed by atoms with Crippen molar-refractivity contribution in [3.05, 3.63) is 53.9 Å². The van der Waals surface area contributed by atoms with Gasteiger partial charge in [0.05, 0.1) is 0 Å². The third-order valence-corrected chi connectivity index (χ3v) is 4.68. The maximum absolute atomic E-state index is 12.3. The second kappa shape index (κ2) is 8.11. The highest BCUT2D eigenvalue weighted by atomic mass is 16.2. The van der Waals surface area contributed by atoms with Gasteiger partial charge in [0.1, 0.15) is 5.69 Å². The molecule has 1 aliphatic heterocycles. The predicted octanol–water partition coefficient (Wildman–Crippen LogP) is 2.25. The molecule has 5 heteroatoms. The average molecular weight is 326 g/mol. The number of amides is 1. The summed E-state index contributed by atoms with van der Waals surface area (Å²) in [5.74, 6) is -0.0221. The maximum atomic E-state index is 12.3. The number of hydrogen-bond donors (Lipinski definition) is 1. The van der Waals surface area contributed by atoms with Crippen LogP contribution in [0.15, 0.2) is 42.6 Å². The van der Waals surface area contributed by atoms with Crippen molar-refractivity contribution in [2.24, 2.45) is 7.05 Å². The molecule has 3 rings (SSSR count). The number of carbonyl (C=O) groups excluding carboxylic acids is 1. The number of likely N-dealkylation sites (tertiary alicyclic amines) is 1. The fourth-order valence-electron chi connectivity index (χ4n) is 3.38. The van der Waals surface area contributed by atoms with E-state index in [1.54, 1.807) is 24.0 Å².